The molecule has 2 rings (SSSR count). The number of aliphatic hydroxyl groups is 3. The Balaban J connectivity index is 2.59. The summed E-state index contributed by atoms with van der Waals surface area (Å²) in [5.41, 5.74) is 0. The standard InChI is InChI=1S/C12H21NO23S4/c14-4-2(1-31-38(22,23)24)32-12(3(13-37(19,20)21)6(4)35-39(25,26)27)34-7-5(15)8(36-40(28,29)30)11(18)33-9(7)10(16)17/h2-9,11-15,18H,1H2,(H,16,17)(H,19,20,21)(H,22,23,24)(H,25,26,27)(H,28,29,30)/t2-,3-,4-,5-,6-,7-,8+,9+,11+,12-/m1/s1. The molecule has 0 unspecified atom stereocenters. The smallest absolute Gasteiger partial charge is 0.397 e. The van der Waals surface area contributed by atoms with E-state index in [1.807, 2.05) is 0 Å². The summed E-state index contributed by atoms with van der Waals surface area (Å²) in [7, 11) is -21.9. The monoisotopic (exact) mass is 675 g/mol. The van der Waals surface area contributed by atoms with Crippen molar-refractivity contribution in [1.29, 1.82) is 0 Å². The number of aliphatic carboxylic acids is 1. The lowest BCUT2D eigenvalue weighted by molar-refractivity contribution is -0.330. The molecule has 236 valence electrons. The second-order valence-corrected chi connectivity index (χ2v) is 12.1. The van der Waals surface area contributed by atoms with Crippen molar-refractivity contribution in [2.75, 3.05) is 6.61 Å². The molecule has 9 N–H and O–H groups in total. The van der Waals surface area contributed by atoms with E-state index in [4.69, 9.17) is 23.1 Å². The maximum absolute atomic E-state index is 11.7. The molecule has 40 heavy (non-hydrogen) atoms. The van der Waals surface area contributed by atoms with Gasteiger partial charge in [0.05, 0.1) is 6.61 Å². The van der Waals surface area contributed by atoms with Crippen LogP contribution in [-0.4, -0.2) is 146 Å². The first-order valence-corrected chi connectivity index (χ1v) is 15.3. The maximum atomic E-state index is 11.7. The highest BCUT2D eigenvalue weighted by Crippen LogP contribution is 2.32. The highest BCUT2D eigenvalue weighted by Gasteiger charge is 2.56. The average molecular weight is 676 g/mol. The molecule has 10 atom stereocenters. The second-order valence-electron chi connectivity index (χ2n) is 7.72. The lowest BCUT2D eigenvalue weighted by atomic mass is 9.96. The van der Waals surface area contributed by atoms with Crippen LogP contribution >= 0.6 is 0 Å². The van der Waals surface area contributed by atoms with Gasteiger partial charge in [-0.15, -0.1) is 0 Å². The molecule has 24 nitrogen and oxygen atoms in total. The van der Waals surface area contributed by atoms with E-state index in [1.54, 1.807) is 0 Å². The summed E-state index contributed by atoms with van der Waals surface area (Å²) in [5, 5.41) is 40.1. The van der Waals surface area contributed by atoms with Crippen molar-refractivity contribution >= 4 is 47.5 Å². The summed E-state index contributed by atoms with van der Waals surface area (Å²) in [5.74, 6) is -2.07. The highest BCUT2D eigenvalue weighted by atomic mass is 32.3. The normalized spacial score (nSPS) is 36.3. The van der Waals surface area contributed by atoms with Gasteiger partial charge in [-0.05, 0) is 0 Å². The molecule has 2 fully saturated rings. The molecule has 2 saturated heterocycles. The third kappa shape index (κ3) is 10.2. The van der Waals surface area contributed by atoms with Gasteiger partial charge < -0.3 is 34.6 Å². The van der Waals surface area contributed by atoms with Gasteiger partial charge in [-0.3, -0.25) is 18.2 Å². The van der Waals surface area contributed by atoms with Crippen LogP contribution in [0.5, 0.6) is 0 Å². The van der Waals surface area contributed by atoms with Gasteiger partial charge in [0, 0.05) is 0 Å². The van der Waals surface area contributed by atoms with Crippen LogP contribution in [0.1, 0.15) is 0 Å². The van der Waals surface area contributed by atoms with Crippen molar-refractivity contribution in [3.63, 3.8) is 0 Å². The topological polar surface area (TPSA) is 383 Å². The van der Waals surface area contributed by atoms with Crippen LogP contribution in [0.15, 0.2) is 0 Å². The Morgan fingerprint density at radius 2 is 1.27 bits per heavy atom. The van der Waals surface area contributed by atoms with Gasteiger partial charge in [0.1, 0.15) is 36.6 Å². The fraction of sp³-hybridized carbons (Fsp3) is 0.917. The third-order valence-electron chi connectivity index (χ3n) is 4.88. The molecule has 0 saturated carbocycles. The van der Waals surface area contributed by atoms with Gasteiger partial charge in [0.25, 0.3) is 0 Å². The number of rotatable bonds is 12. The summed E-state index contributed by atoms with van der Waals surface area (Å²) in [6.45, 7) is -1.44. The highest BCUT2D eigenvalue weighted by molar-refractivity contribution is 7.83. The van der Waals surface area contributed by atoms with Crippen LogP contribution in [0.4, 0.5) is 0 Å². The second kappa shape index (κ2) is 12.5. The summed E-state index contributed by atoms with van der Waals surface area (Å²) >= 11 is 0. The Bertz CT molecular complexity index is 1340. The number of hydrogen-bond donors (Lipinski definition) is 9. The quantitative estimate of drug-likeness (QED) is 0.0868. The van der Waals surface area contributed by atoms with Gasteiger partial charge in [-0.1, -0.05) is 0 Å². The van der Waals surface area contributed by atoms with Gasteiger partial charge in [-0.2, -0.15) is 38.4 Å². The van der Waals surface area contributed by atoms with Gasteiger partial charge in [0.15, 0.2) is 24.8 Å². The van der Waals surface area contributed by atoms with E-state index >= 15 is 0 Å². The summed E-state index contributed by atoms with van der Waals surface area (Å²) in [4.78, 5) is 11.7. The number of hydrogen-bond acceptors (Lipinski definition) is 18. The Morgan fingerprint density at radius 1 is 0.750 bits per heavy atom. The van der Waals surface area contributed by atoms with Crippen LogP contribution in [-0.2, 0) is 73.1 Å². The lowest BCUT2D eigenvalue weighted by Crippen LogP contribution is -2.68. The SMILES string of the molecule is O=C(O)[C@H]1O[C@H](O)[C@@H](OS(=O)(=O)O)[C@H](O)[C@H]1O[C@H]1O[C@H](COS(=O)(=O)O)[C@@H](O)[C@H](OS(=O)(=O)O)[C@H]1NS(=O)(=O)O. The van der Waals surface area contributed by atoms with Crippen LogP contribution in [0.2, 0.25) is 0 Å². The molecule has 0 radical (unpaired) electrons. The zero-order valence-electron chi connectivity index (χ0n) is 18.8. The van der Waals surface area contributed by atoms with Crippen molar-refractivity contribution in [2.45, 2.75) is 61.3 Å². The van der Waals surface area contributed by atoms with Crippen LogP contribution in [0.3, 0.4) is 0 Å². The fourth-order valence-corrected chi connectivity index (χ4v) is 5.37. The minimum absolute atomic E-state index is 1.23. The minimum atomic E-state index is -5.65. The van der Waals surface area contributed by atoms with Gasteiger partial charge in [0.2, 0.25) is 0 Å². The Morgan fingerprint density at radius 3 is 1.73 bits per heavy atom. The predicted octanol–water partition coefficient (Wildman–Crippen LogP) is -6.42. The maximum Gasteiger partial charge on any atom is 0.397 e. The number of nitrogens with one attached hydrogen (secondary N) is 1. The molecule has 2 aliphatic heterocycles. The first kappa shape index (κ1) is 34.9. The van der Waals surface area contributed by atoms with Crippen LogP contribution in [0.25, 0.3) is 0 Å². The minimum Gasteiger partial charge on any atom is -0.479 e. The summed E-state index contributed by atoms with van der Waals surface area (Å²) < 4.78 is 154. The first-order chi connectivity index (χ1) is 17.9. The zero-order chi connectivity index (χ0) is 31.0. The van der Waals surface area contributed by atoms with Crippen molar-refractivity contribution < 1.29 is 104 Å². The molecule has 0 bridgehead atoms. The van der Waals surface area contributed by atoms with E-state index in [1.165, 1.54) is 4.72 Å². The van der Waals surface area contributed by atoms with E-state index in [0.717, 1.165) is 0 Å². The molecular formula is C12H21NO23S4. The molecule has 0 aromatic rings. The molecule has 2 heterocycles. The number of carboxylic acids is 1. The average Bonchev–Trinajstić information content (AvgIpc) is 2.73. The summed E-state index contributed by atoms with van der Waals surface area (Å²) in [6, 6.07) is -2.57. The van der Waals surface area contributed by atoms with E-state index in [-0.39, 0.29) is 0 Å². The number of aliphatic hydroxyl groups excluding tert-OH is 3. The van der Waals surface area contributed by atoms with E-state index < -0.39 is 115 Å². The molecule has 0 amide bonds. The molecule has 28 heteroatoms. The molecule has 2 aliphatic rings. The fourth-order valence-electron chi connectivity index (χ4n) is 3.47. The Labute approximate surface area is 224 Å². The third-order valence-corrected chi connectivity index (χ3v) is 6.81. The molecule has 0 aliphatic carbocycles. The largest absolute Gasteiger partial charge is 0.479 e. The van der Waals surface area contributed by atoms with E-state index in [0.29, 0.717) is 0 Å². The number of ether oxygens (including phenoxy) is 3. The Kier molecular flexibility index (Phi) is 10.9. The van der Waals surface area contributed by atoms with E-state index in [9.17, 15) is 63.4 Å². The number of carbonyl (C=O) groups is 1. The summed E-state index contributed by atoms with van der Waals surface area (Å²) in [6.07, 6.45) is -22.9. The number of carboxylic acid groups (broad SMARTS) is 1. The molecule has 0 aromatic carbocycles. The predicted molar refractivity (Wildman–Crippen MR) is 113 cm³/mol. The van der Waals surface area contributed by atoms with Gasteiger partial charge in [-0.25, -0.2) is 17.3 Å². The first-order valence-electron chi connectivity index (χ1n) is 9.80. The van der Waals surface area contributed by atoms with Crippen LogP contribution in [0, 0.1) is 0 Å². The van der Waals surface area contributed by atoms with Crippen molar-refractivity contribution in [3.8, 4) is 0 Å². The van der Waals surface area contributed by atoms with Crippen molar-refractivity contribution in [1.82, 2.24) is 4.72 Å². The van der Waals surface area contributed by atoms with E-state index in [2.05, 4.69) is 17.3 Å². The molecular weight excluding hydrogens is 654 g/mol. The van der Waals surface area contributed by atoms with Crippen LogP contribution < -0.4 is 4.72 Å². The van der Waals surface area contributed by atoms with Gasteiger partial charge >= 0.3 is 47.5 Å². The Hall–Kier alpha value is -1.29. The zero-order valence-corrected chi connectivity index (χ0v) is 22.1. The molecule has 0 aromatic heterocycles. The lowest BCUT2D eigenvalue weighted by Gasteiger charge is -2.46. The van der Waals surface area contributed by atoms with Crippen molar-refractivity contribution in [3.05, 3.63) is 0 Å². The molecule has 0 spiro atoms. The van der Waals surface area contributed by atoms with Crippen molar-refractivity contribution in [2.24, 2.45) is 0 Å².